The van der Waals surface area contributed by atoms with Crippen molar-refractivity contribution < 1.29 is 23.9 Å². The number of nitrogens with one attached hydrogen (secondary N) is 1. The Kier molecular flexibility index (Phi) is 5.17. The van der Waals surface area contributed by atoms with Gasteiger partial charge in [-0.15, -0.1) is 0 Å². The second-order valence-corrected chi connectivity index (χ2v) is 5.58. The first-order chi connectivity index (χ1) is 12.6. The molecule has 1 heterocycles. The fourth-order valence-corrected chi connectivity index (χ4v) is 2.61. The maximum absolute atomic E-state index is 12.5. The van der Waals surface area contributed by atoms with Crippen LogP contribution < -0.4 is 15.0 Å². The van der Waals surface area contributed by atoms with Gasteiger partial charge in [0.05, 0.1) is 23.5 Å². The van der Waals surface area contributed by atoms with E-state index in [9.17, 15) is 14.4 Å². The van der Waals surface area contributed by atoms with Gasteiger partial charge in [0.15, 0.2) is 6.61 Å². The van der Waals surface area contributed by atoms with Crippen molar-refractivity contribution in [2.45, 2.75) is 6.92 Å². The van der Waals surface area contributed by atoms with Gasteiger partial charge in [-0.05, 0) is 37.3 Å². The number of fused-ring (bicyclic) bond motifs is 1. The fraction of sp³-hybridized carbons (Fsp3) is 0.211. The molecule has 1 N–H and O–H groups in total. The topological polar surface area (TPSA) is 84.9 Å². The summed E-state index contributed by atoms with van der Waals surface area (Å²) in [5.74, 6) is -0.695. The summed E-state index contributed by atoms with van der Waals surface area (Å²) in [5.41, 5.74) is 1.56. The Morgan fingerprint density at radius 3 is 2.77 bits per heavy atom. The lowest BCUT2D eigenvalue weighted by Gasteiger charge is -2.29. The van der Waals surface area contributed by atoms with Gasteiger partial charge in [-0.25, -0.2) is 4.79 Å². The van der Waals surface area contributed by atoms with Crippen LogP contribution in [0.1, 0.15) is 17.3 Å². The summed E-state index contributed by atoms with van der Waals surface area (Å²) in [6, 6.07) is 13.5. The van der Waals surface area contributed by atoms with Crippen LogP contribution in [0.5, 0.6) is 5.75 Å². The summed E-state index contributed by atoms with van der Waals surface area (Å²) in [6.07, 6.45) is 0. The maximum atomic E-state index is 12.5. The molecule has 0 bridgehead atoms. The minimum Gasteiger partial charge on any atom is -0.484 e. The number of anilines is 2. The van der Waals surface area contributed by atoms with E-state index in [2.05, 4.69) is 5.32 Å². The van der Waals surface area contributed by atoms with E-state index >= 15 is 0 Å². The van der Waals surface area contributed by atoms with E-state index in [-0.39, 0.29) is 31.6 Å². The molecule has 1 aliphatic rings. The van der Waals surface area contributed by atoms with Crippen LogP contribution in [0.2, 0.25) is 0 Å². The number of para-hydroxylation sites is 2. The lowest BCUT2D eigenvalue weighted by Crippen LogP contribution is -2.44. The highest BCUT2D eigenvalue weighted by Gasteiger charge is 2.26. The summed E-state index contributed by atoms with van der Waals surface area (Å²) in [5, 5.41) is 2.73. The number of carbonyl (C=O) groups excluding carboxylic acids is 3. The molecule has 0 fully saturated rings. The smallest absolute Gasteiger partial charge is 0.338 e. The number of amides is 2. The van der Waals surface area contributed by atoms with Crippen molar-refractivity contribution in [1.82, 2.24) is 0 Å². The average Bonchev–Trinajstić information content (AvgIpc) is 2.65. The van der Waals surface area contributed by atoms with Crippen molar-refractivity contribution in [3.8, 4) is 5.75 Å². The van der Waals surface area contributed by atoms with Crippen molar-refractivity contribution >= 4 is 29.2 Å². The first kappa shape index (κ1) is 17.5. The highest BCUT2D eigenvalue weighted by Crippen LogP contribution is 2.29. The predicted octanol–water partition coefficient (Wildman–Crippen LogP) is 2.23. The van der Waals surface area contributed by atoms with E-state index in [4.69, 9.17) is 9.47 Å². The molecule has 0 saturated carbocycles. The second kappa shape index (κ2) is 7.69. The molecule has 26 heavy (non-hydrogen) atoms. The Balaban J connectivity index is 1.69. The van der Waals surface area contributed by atoms with Crippen molar-refractivity contribution in [2.24, 2.45) is 0 Å². The molecular formula is C19H18N2O5. The van der Waals surface area contributed by atoms with Gasteiger partial charge >= 0.3 is 5.97 Å². The lowest BCUT2D eigenvalue weighted by molar-refractivity contribution is -0.123. The molecule has 2 aromatic rings. The summed E-state index contributed by atoms with van der Waals surface area (Å²) in [4.78, 5) is 37.5. The van der Waals surface area contributed by atoms with Gasteiger partial charge in [0.2, 0.25) is 5.91 Å². The van der Waals surface area contributed by atoms with Crippen LogP contribution in [-0.4, -0.2) is 37.5 Å². The maximum Gasteiger partial charge on any atom is 0.338 e. The highest BCUT2D eigenvalue weighted by molar-refractivity contribution is 6.10. The van der Waals surface area contributed by atoms with E-state index in [0.717, 1.165) is 0 Å². The van der Waals surface area contributed by atoms with Crippen LogP contribution in [0.15, 0.2) is 48.5 Å². The second-order valence-electron chi connectivity index (χ2n) is 5.58. The number of carbonyl (C=O) groups is 3. The number of esters is 1. The molecule has 0 spiro atoms. The molecule has 0 saturated heterocycles. The minimum atomic E-state index is -0.453. The molecule has 2 aromatic carbocycles. The third kappa shape index (κ3) is 3.83. The number of nitrogens with zero attached hydrogens (tertiary/aromatic N) is 1. The van der Waals surface area contributed by atoms with E-state index in [1.807, 2.05) is 0 Å². The number of hydrogen-bond donors (Lipinski definition) is 1. The van der Waals surface area contributed by atoms with Gasteiger partial charge < -0.3 is 14.8 Å². The Labute approximate surface area is 150 Å². The first-order valence-corrected chi connectivity index (χ1v) is 8.17. The molecule has 7 heteroatoms. The summed E-state index contributed by atoms with van der Waals surface area (Å²) in [7, 11) is 0. The predicted molar refractivity (Wildman–Crippen MR) is 95.3 cm³/mol. The van der Waals surface area contributed by atoms with Crippen molar-refractivity contribution in [3.63, 3.8) is 0 Å². The molecule has 7 nitrogen and oxygen atoms in total. The van der Waals surface area contributed by atoms with Crippen molar-refractivity contribution in [2.75, 3.05) is 30.0 Å². The van der Waals surface area contributed by atoms with E-state index in [1.54, 1.807) is 49.4 Å². The zero-order valence-corrected chi connectivity index (χ0v) is 14.2. The number of ether oxygens (including phenoxy) is 2. The third-order valence-corrected chi connectivity index (χ3v) is 3.78. The average molecular weight is 354 g/mol. The molecule has 0 radical (unpaired) electrons. The van der Waals surface area contributed by atoms with Crippen LogP contribution in [0.3, 0.4) is 0 Å². The number of benzene rings is 2. The molecule has 0 aromatic heterocycles. The molecule has 0 atom stereocenters. The number of rotatable bonds is 5. The van der Waals surface area contributed by atoms with Crippen LogP contribution in [0, 0.1) is 0 Å². The van der Waals surface area contributed by atoms with Crippen LogP contribution in [0.4, 0.5) is 11.4 Å². The van der Waals surface area contributed by atoms with Crippen LogP contribution in [0.25, 0.3) is 0 Å². The molecular weight excluding hydrogens is 336 g/mol. The van der Waals surface area contributed by atoms with Crippen LogP contribution >= 0.6 is 0 Å². The number of hydrogen-bond acceptors (Lipinski definition) is 5. The Bertz CT molecular complexity index is 849. The molecule has 2 amide bonds. The van der Waals surface area contributed by atoms with Gasteiger partial charge in [0, 0.05) is 0 Å². The molecule has 3 rings (SSSR count). The van der Waals surface area contributed by atoms with Crippen LogP contribution in [-0.2, 0) is 14.3 Å². The monoisotopic (exact) mass is 354 g/mol. The minimum absolute atomic E-state index is 0.0674. The van der Waals surface area contributed by atoms with Gasteiger partial charge in [0.1, 0.15) is 12.3 Å². The van der Waals surface area contributed by atoms with E-state index < -0.39 is 5.97 Å². The quantitative estimate of drug-likeness (QED) is 0.833. The highest BCUT2D eigenvalue weighted by atomic mass is 16.5. The van der Waals surface area contributed by atoms with Gasteiger partial charge in [-0.1, -0.05) is 18.2 Å². The fourth-order valence-electron chi connectivity index (χ4n) is 2.61. The Hall–Kier alpha value is -3.35. The molecule has 134 valence electrons. The van der Waals surface area contributed by atoms with E-state index in [0.29, 0.717) is 22.7 Å². The molecule has 0 unspecified atom stereocenters. The summed E-state index contributed by atoms with van der Waals surface area (Å²) < 4.78 is 10.5. The zero-order chi connectivity index (χ0) is 18.5. The third-order valence-electron chi connectivity index (χ3n) is 3.78. The largest absolute Gasteiger partial charge is 0.484 e. The van der Waals surface area contributed by atoms with Gasteiger partial charge in [-0.3, -0.25) is 14.5 Å². The lowest BCUT2D eigenvalue weighted by atomic mass is 10.2. The summed E-state index contributed by atoms with van der Waals surface area (Å²) in [6.45, 7) is 1.68. The van der Waals surface area contributed by atoms with E-state index in [1.165, 1.54) is 11.0 Å². The SMILES string of the molecule is CCOC(=O)c1cccc(OCC(=O)N2CC(=O)Nc3ccccc32)c1. The van der Waals surface area contributed by atoms with Crippen molar-refractivity contribution in [3.05, 3.63) is 54.1 Å². The zero-order valence-electron chi connectivity index (χ0n) is 14.2. The standard InChI is InChI=1S/C19H18N2O5/c1-2-25-19(24)13-6-5-7-14(10-13)26-12-18(23)21-11-17(22)20-15-8-3-4-9-16(15)21/h3-10H,2,11-12H2,1H3,(H,20,22). The Morgan fingerprint density at radius 2 is 1.96 bits per heavy atom. The normalized spacial score (nSPS) is 12.8. The Morgan fingerprint density at radius 1 is 1.15 bits per heavy atom. The molecule has 0 aliphatic carbocycles. The summed E-state index contributed by atoms with van der Waals surface area (Å²) >= 11 is 0. The van der Waals surface area contributed by atoms with Gasteiger partial charge in [0.25, 0.3) is 5.91 Å². The molecule has 1 aliphatic heterocycles. The van der Waals surface area contributed by atoms with Gasteiger partial charge in [-0.2, -0.15) is 0 Å². The van der Waals surface area contributed by atoms with Crippen molar-refractivity contribution in [1.29, 1.82) is 0 Å². The first-order valence-electron chi connectivity index (χ1n) is 8.17.